The third-order valence-corrected chi connectivity index (χ3v) is 3.12. The molecule has 1 aromatic rings. The molecule has 0 unspecified atom stereocenters. The van der Waals surface area contributed by atoms with Crippen molar-refractivity contribution in [2.75, 3.05) is 13.1 Å². The van der Waals surface area contributed by atoms with E-state index < -0.39 is 0 Å². The summed E-state index contributed by atoms with van der Waals surface area (Å²) in [6.07, 6.45) is 7.55. The molecule has 0 bridgehead atoms. The molecule has 1 heterocycles. The van der Waals surface area contributed by atoms with Crippen LogP contribution in [0.5, 0.6) is 0 Å². The van der Waals surface area contributed by atoms with E-state index >= 15 is 0 Å². The number of hydrogen-bond acceptors (Lipinski definition) is 3. The molecule has 88 valence electrons. The molecular weight excluding hydrogens is 204 g/mol. The number of carbonyl (C=O) groups is 1. The van der Waals surface area contributed by atoms with Gasteiger partial charge in [0.05, 0.1) is 11.8 Å². The van der Waals surface area contributed by atoms with Crippen molar-refractivity contribution in [3.63, 3.8) is 0 Å². The zero-order chi connectivity index (χ0) is 11.4. The molecule has 1 aromatic heterocycles. The van der Waals surface area contributed by atoms with Gasteiger partial charge in [-0.1, -0.05) is 0 Å². The highest BCUT2D eigenvalue weighted by Crippen LogP contribution is 2.26. The van der Waals surface area contributed by atoms with Gasteiger partial charge in [0, 0.05) is 18.8 Å². The largest absolute Gasteiger partial charge is 0.336 e. The van der Waals surface area contributed by atoms with Gasteiger partial charge >= 0.3 is 0 Å². The van der Waals surface area contributed by atoms with Gasteiger partial charge in [0.15, 0.2) is 0 Å². The Bertz CT molecular complexity index is 332. The molecule has 1 saturated carbocycles. The zero-order valence-corrected chi connectivity index (χ0v) is 9.35. The van der Waals surface area contributed by atoms with E-state index in [-0.39, 0.29) is 5.91 Å². The Hall–Kier alpha value is -1.36. The Kier molecular flexibility index (Phi) is 3.56. The fraction of sp³-hybridized carbons (Fsp3) is 0.636. The van der Waals surface area contributed by atoms with Crippen molar-refractivity contribution in [2.24, 2.45) is 5.73 Å². The van der Waals surface area contributed by atoms with Crippen molar-refractivity contribution in [1.82, 2.24) is 15.1 Å². The molecule has 1 aliphatic rings. The highest BCUT2D eigenvalue weighted by Gasteiger charge is 2.29. The van der Waals surface area contributed by atoms with E-state index in [1.54, 1.807) is 12.4 Å². The Morgan fingerprint density at radius 2 is 2.44 bits per heavy atom. The summed E-state index contributed by atoms with van der Waals surface area (Å²) in [6.45, 7) is 1.38. The Balaban J connectivity index is 2.02. The lowest BCUT2D eigenvalue weighted by Crippen LogP contribution is -2.45. The number of amides is 1. The molecule has 0 spiro atoms. The van der Waals surface area contributed by atoms with Crippen molar-refractivity contribution in [3.8, 4) is 0 Å². The van der Waals surface area contributed by atoms with E-state index in [0.29, 0.717) is 18.2 Å². The summed E-state index contributed by atoms with van der Waals surface area (Å²) in [4.78, 5) is 14.1. The monoisotopic (exact) mass is 222 g/mol. The van der Waals surface area contributed by atoms with Crippen LogP contribution in [-0.4, -0.2) is 40.1 Å². The van der Waals surface area contributed by atoms with Crippen molar-refractivity contribution in [1.29, 1.82) is 0 Å². The molecule has 1 aliphatic carbocycles. The maximum Gasteiger partial charge on any atom is 0.257 e. The van der Waals surface area contributed by atoms with Gasteiger partial charge in [0.2, 0.25) is 0 Å². The number of hydrogen-bond donors (Lipinski definition) is 2. The van der Waals surface area contributed by atoms with Crippen LogP contribution in [0.1, 0.15) is 36.0 Å². The molecule has 3 N–H and O–H groups in total. The van der Waals surface area contributed by atoms with Gasteiger partial charge in [-0.3, -0.25) is 9.89 Å². The Morgan fingerprint density at radius 1 is 1.62 bits per heavy atom. The number of aromatic amines is 1. The van der Waals surface area contributed by atoms with Crippen LogP contribution in [0.4, 0.5) is 0 Å². The number of nitrogens with two attached hydrogens (primary N) is 1. The molecular formula is C11H18N4O. The summed E-state index contributed by atoms with van der Waals surface area (Å²) >= 11 is 0. The third-order valence-electron chi connectivity index (χ3n) is 3.12. The van der Waals surface area contributed by atoms with Crippen molar-refractivity contribution in [3.05, 3.63) is 18.0 Å². The molecule has 5 nitrogen and oxygen atoms in total. The molecule has 0 aromatic carbocycles. The minimum atomic E-state index is 0.0758. The minimum Gasteiger partial charge on any atom is -0.336 e. The van der Waals surface area contributed by atoms with Crippen LogP contribution < -0.4 is 5.73 Å². The number of nitrogens with zero attached hydrogens (tertiary/aromatic N) is 2. The molecule has 0 saturated heterocycles. The van der Waals surface area contributed by atoms with Gasteiger partial charge in [-0.15, -0.1) is 0 Å². The molecule has 5 heteroatoms. The van der Waals surface area contributed by atoms with Crippen LogP contribution in [0.3, 0.4) is 0 Å². The van der Waals surface area contributed by atoms with Gasteiger partial charge in [-0.2, -0.15) is 5.10 Å². The summed E-state index contributed by atoms with van der Waals surface area (Å²) in [5, 5.41) is 6.49. The van der Waals surface area contributed by atoms with Crippen molar-refractivity contribution >= 4 is 5.91 Å². The van der Waals surface area contributed by atoms with E-state index in [9.17, 15) is 4.79 Å². The molecule has 0 radical (unpaired) electrons. The average Bonchev–Trinajstić information content (AvgIpc) is 2.73. The van der Waals surface area contributed by atoms with Gasteiger partial charge in [-0.25, -0.2) is 0 Å². The van der Waals surface area contributed by atoms with E-state index in [2.05, 4.69) is 10.2 Å². The normalized spacial score (nSPS) is 15.8. The van der Waals surface area contributed by atoms with Gasteiger partial charge in [0.25, 0.3) is 5.91 Å². The third kappa shape index (κ3) is 2.24. The van der Waals surface area contributed by atoms with Gasteiger partial charge < -0.3 is 10.6 Å². The lowest BCUT2D eigenvalue weighted by molar-refractivity contribution is 0.0578. The minimum absolute atomic E-state index is 0.0758. The van der Waals surface area contributed by atoms with E-state index in [4.69, 9.17) is 5.73 Å². The number of aromatic nitrogens is 2. The number of nitrogens with one attached hydrogen (secondary N) is 1. The first-order chi connectivity index (χ1) is 7.83. The zero-order valence-electron chi connectivity index (χ0n) is 9.35. The van der Waals surface area contributed by atoms with Crippen LogP contribution >= 0.6 is 0 Å². The summed E-state index contributed by atoms with van der Waals surface area (Å²) in [7, 11) is 0. The molecule has 0 aliphatic heterocycles. The lowest BCUT2D eigenvalue weighted by Gasteiger charge is -2.37. The first-order valence-electron chi connectivity index (χ1n) is 5.82. The van der Waals surface area contributed by atoms with E-state index in [0.717, 1.165) is 25.8 Å². The Morgan fingerprint density at radius 3 is 2.94 bits per heavy atom. The van der Waals surface area contributed by atoms with Crippen LogP contribution in [0.15, 0.2) is 12.4 Å². The molecule has 1 fully saturated rings. The summed E-state index contributed by atoms with van der Waals surface area (Å²) in [6, 6.07) is 0.411. The van der Waals surface area contributed by atoms with E-state index in [1.807, 2.05) is 4.90 Å². The molecule has 0 atom stereocenters. The van der Waals surface area contributed by atoms with Gasteiger partial charge in [-0.05, 0) is 32.2 Å². The van der Waals surface area contributed by atoms with Crippen molar-refractivity contribution in [2.45, 2.75) is 31.7 Å². The summed E-state index contributed by atoms with van der Waals surface area (Å²) < 4.78 is 0. The van der Waals surface area contributed by atoms with Crippen LogP contribution in [0.2, 0.25) is 0 Å². The van der Waals surface area contributed by atoms with Gasteiger partial charge in [0.1, 0.15) is 0 Å². The maximum atomic E-state index is 12.2. The van der Waals surface area contributed by atoms with Crippen LogP contribution in [0.25, 0.3) is 0 Å². The van der Waals surface area contributed by atoms with Crippen molar-refractivity contribution < 1.29 is 4.79 Å². The fourth-order valence-corrected chi connectivity index (χ4v) is 1.94. The SMILES string of the molecule is NCCCN(C(=O)c1cn[nH]c1)C1CCC1. The highest BCUT2D eigenvalue weighted by molar-refractivity contribution is 5.93. The Labute approximate surface area is 95.0 Å². The maximum absolute atomic E-state index is 12.2. The first-order valence-corrected chi connectivity index (χ1v) is 5.82. The average molecular weight is 222 g/mol. The number of rotatable bonds is 5. The molecule has 1 amide bonds. The topological polar surface area (TPSA) is 75.0 Å². The number of carbonyl (C=O) groups excluding carboxylic acids is 1. The lowest BCUT2D eigenvalue weighted by atomic mass is 9.91. The molecule has 2 rings (SSSR count). The second-order valence-electron chi connectivity index (χ2n) is 4.21. The highest BCUT2D eigenvalue weighted by atomic mass is 16.2. The quantitative estimate of drug-likeness (QED) is 0.772. The fourth-order valence-electron chi connectivity index (χ4n) is 1.94. The second kappa shape index (κ2) is 5.12. The van der Waals surface area contributed by atoms with Crippen LogP contribution in [-0.2, 0) is 0 Å². The second-order valence-corrected chi connectivity index (χ2v) is 4.21. The summed E-state index contributed by atoms with van der Waals surface area (Å²) in [5.74, 6) is 0.0758. The standard InChI is InChI=1S/C11H18N4O/c12-5-2-6-15(10-3-1-4-10)11(16)9-7-13-14-8-9/h7-8,10H,1-6,12H2,(H,13,14). The van der Waals surface area contributed by atoms with E-state index in [1.165, 1.54) is 6.42 Å². The predicted octanol–water partition coefficient (Wildman–Crippen LogP) is 0.753. The smallest absolute Gasteiger partial charge is 0.257 e. The molecule has 16 heavy (non-hydrogen) atoms. The predicted molar refractivity (Wildman–Crippen MR) is 60.9 cm³/mol. The summed E-state index contributed by atoms with van der Waals surface area (Å²) in [5.41, 5.74) is 6.14. The first kappa shape index (κ1) is 11.1. The number of H-pyrrole nitrogens is 1. The van der Waals surface area contributed by atoms with Crippen LogP contribution in [0, 0.1) is 0 Å².